The largest absolute Gasteiger partial charge is 0.493 e. The Kier molecular flexibility index (Phi) is 5.21. The second-order valence-corrected chi connectivity index (χ2v) is 6.99. The molecule has 2 aromatic heterocycles. The van der Waals surface area contributed by atoms with Crippen molar-refractivity contribution in [1.29, 1.82) is 0 Å². The van der Waals surface area contributed by atoms with Gasteiger partial charge in [0.25, 0.3) is 11.5 Å². The Bertz CT molecular complexity index is 1270. The molecule has 0 atom stereocenters. The lowest BCUT2D eigenvalue weighted by atomic mass is 10.2. The van der Waals surface area contributed by atoms with Gasteiger partial charge in [0.1, 0.15) is 6.33 Å². The SMILES string of the molecule is COc1cc(/C=c2\sc3ncnn3c2=O)ccc1OCC(=O)Nc1ccccc1. The summed E-state index contributed by atoms with van der Waals surface area (Å²) in [5.41, 5.74) is 1.23. The molecule has 0 bridgehead atoms. The smallest absolute Gasteiger partial charge is 0.291 e. The molecule has 0 aliphatic heterocycles. The van der Waals surface area contributed by atoms with Gasteiger partial charge in [0.2, 0.25) is 4.96 Å². The van der Waals surface area contributed by atoms with Gasteiger partial charge in [-0.1, -0.05) is 35.6 Å². The Balaban J connectivity index is 1.50. The first-order chi connectivity index (χ1) is 14.1. The number of ether oxygens (including phenoxy) is 2. The number of rotatable bonds is 6. The van der Waals surface area contributed by atoms with E-state index < -0.39 is 0 Å². The maximum absolute atomic E-state index is 12.3. The molecule has 0 saturated heterocycles. The van der Waals surface area contributed by atoms with Gasteiger partial charge in [-0.25, -0.2) is 4.98 Å². The fraction of sp³-hybridized carbons (Fsp3) is 0.100. The van der Waals surface area contributed by atoms with Crippen LogP contribution in [0.15, 0.2) is 59.7 Å². The zero-order chi connectivity index (χ0) is 20.2. The van der Waals surface area contributed by atoms with Crippen molar-refractivity contribution in [3.63, 3.8) is 0 Å². The fourth-order valence-electron chi connectivity index (χ4n) is 2.68. The highest BCUT2D eigenvalue weighted by Gasteiger charge is 2.10. The molecular weight excluding hydrogens is 392 g/mol. The first-order valence-corrected chi connectivity index (χ1v) is 9.46. The molecule has 2 heterocycles. The second kappa shape index (κ2) is 8.11. The molecule has 0 aliphatic carbocycles. The Morgan fingerprint density at radius 2 is 2.03 bits per heavy atom. The molecule has 0 spiro atoms. The zero-order valence-corrected chi connectivity index (χ0v) is 16.2. The minimum atomic E-state index is -0.278. The van der Waals surface area contributed by atoms with Crippen molar-refractivity contribution in [2.24, 2.45) is 0 Å². The lowest BCUT2D eigenvalue weighted by Crippen LogP contribution is -2.23. The molecule has 0 radical (unpaired) electrons. The monoisotopic (exact) mass is 408 g/mol. The van der Waals surface area contributed by atoms with E-state index >= 15 is 0 Å². The molecule has 8 nitrogen and oxygen atoms in total. The van der Waals surface area contributed by atoms with Gasteiger partial charge in [-0.3, -0.25) is 9.59 Å². The molecular formula is C20H16N4O4S. The number of carbonyl (C=O) groups is 1. The molecule has 0 aliphatic rings. The number of hydrogen-bond acceptors (Lipinski definition) is 7. The minimum Gasteiger partial charge on any atom is -0.493 e. The Morgan fingerprint density at radius 1 is 1.21 bits per heavy atom. The van der Waals surface area contributed by atoms with E-state index in [1.807, 2.05) is 18.2 Å². The number of methoxy groups -OCH3 is 1. The number of anilines is 1. The van der Waals surface area contributed by atoms with Gasteiger partial charge in [-0.2, -0.15) is 9.61 Å². The van der Waals surface area contributed by atoms with Gasteiger partial charge in [0, 0.05) is 5.69 Å². The van der Waals surface area contributed by atoms with Crippen LogP contribution in [0.3, 0.4) is 0 Å². The number of nitrogens with one attached hydrogen (secondary N) is 1. The van der Waals surface area contributed by atoms with Crippen LogP contribution in [0, 0.1) is 0 Å². The van der Waals surface area contributed by atoms with Crippen LogP contribution in [-0.2, 0) is 4.79 Å². The van der Waals surface area contributed by atoms with Crippen molar-refractivity contribution in [1.82, 2.24) is 14.6 Å². The van der Waals surface area contributed by atoms with Gasteiger partial charge in [0.15, 0.2) is 18.1 Å². The van der Waals surface area contributed by atoms with Crippen LogP contribution in [0.4, 0.5) is 5.69 Å². The molecule has 0 saturated carbocycles. The summed E-state index contributed by atoms with van der Waals surface area (Å²) in [5, 5.41) is 6.65. The normalized spacial score (nSPS) is 11.6. The molecule has 146 valence electrons. The first-order valence-electron chi connectivity index (χ1n) is 8.64. The van der Waals surface area contributed by atoms with Gasteiger partial charge in [-0.05, 0) is 35.9 Å². The number of amides is 1. The number of hydrogen-bond donors (Lipinski definition) is 1. The molecule has 29 heavy (non-hydrogen) atoms. The Labute approximate surface area is 169 Å². The second-order valence-electron chi connectivity index (χ2n) is 5.98. The highest BCUT2D eigenvalue weighted by molar-refractivity contribution is 7.15. The molecule has 0 fully saturated rings. The van der Waals surface area contributed by atoms with E-state index in [-0.39, 0.29) is 18.1 Å². The van der Waals surface area contributed by atoms with Crippen LogP contribution in [-0.4, -0.2) is 34.2 Å². The molecule has 2 aromatic carbocycles. The van der Waals surface area contributed by atoms with Gasteiger partial charge in [0.05, 0.1) is 11.6 Å². The fourth-order valence-corrected chi connectivity index (χ4v) is 3.57. The predicted molar refractivity (Wildman–Crippen MR) is 109 cm³/mol. The summed E-state index contributed by atoms with van der Waals surface area (Å²) in [4.78, 5) is 28.9. The summed E-state index contributed by atoms with van der Waals surface area (Å²) in [5.74, 6) is 0.607. The van der Waals surface area contributed by atoms with Gasteiger partial charge in [-0.15, -0.1) is 0 Å². The maximum Gasteiger partial charge on any atom is 0.291 e. The Morgan fingerprint density at radius 3 is 2.79 bits per heavy atom. The van der Waals surface area contributed by atoms with Gasteiger partial charge < -0.3 is 14.8 Å². The lowest BCUT2D eigenvalue weighted by molar-refractivity contribution is -0.118. The number of nitrogens with zero attached hydrogens (tertiary/aromatic N) is 3. The Hall–Kier alpha value is -3.72. The standard InChI is InChI=1S/C20H16N4O4S/c1-27-16-9-13(10-17-19(26)24-20(29-17)21-12-22-24)7-8-15(16)28-11-18(25)23-14-5-3-2-4-6-14/h2-10,12H,11H2,1H3,(H,23,25)/b17-10-. The van der Waals surface area contributed by atoms with Crippen molar-refractivity contribution in [2.75, 3.05) is 19.0 Å². The third-order valence-corrected chi connectivity index (χ3v) is 5.00. The highest BCUT2D eigenvalue weighted by atomic mass is 32.1. The third kappa shape index (κ3) is 4.09. The van der Waals surface area contributed by atoms with E-state index in [0.717, 1.165) is 5.56 Å². The molecule has 4 aromatic rings. The van der Waals surface area contributed by atoms with Crippen LogP contribution in [0.1, 0.15) is 5.56 Å². The summed E-state index contributed by atoms with van der Waals surface area (Å²) in [6.07, 6.45) is 3.08. The van der Waals surface area contributed by atoms with E-state index in [4.69, 9.17) is 9.47 Å². The van der Waals surface area contributed by atoms with Gasteiger partial charge >= 0.3 is 0 Å². The number of carbonyl (C=O) groups excluding carboxylic acids is 1. The zero-order valence-electron chi connectivity index (χ0n) is 15.4. The van der Waals surface area contributed by atoms with Crippen LogP contribution in [0.5, 0.6) is 11.5 Å². The van der Waals surface area contributed by atoms with E-state index in [2.05, 4.69) is 15.4 Å². The maximum atomic E-state index is 12.3. The highest BCUT2D eigenvalue weighted by Crippen LogP contribution is 2.28. The third-order valence-electron chi connectivity index (χ3n) is 4.02. The average Bonchev–Trinajstić information content (AvgIpc) is 3.31. The van der Waals surface area contributed by atoms with E-state index in [0.29, 0.717) is 26.7 Å². The molecule has 1 amide bonds. The topological polar surface area (TPSA) is 94.8 Å². The number of para-hydroxylation sites is 1. The summed E-state index contributed by atoms with van der Waals surface area (Å²) in [7, 11) is 1.51. The summed E-state index contributed by atoms with van der Waals surface area (Å²) < 4.78 is 12.7. The van der Waals surface area contributed by atoms with Crippen molar-refractivity contribution in [3.05, 3.63) is 75.3 Å². The summed E-state index contributed by atoms with van der Waals surface area (Å²) in [6, 6.07) is 14.3. The molecule has 1 N–H and O–H groups in total. The number of aromatic nitrogens is 3. The van der Waals surface area contributed by atoms with E-state index in [1.165, 1.54) is 29.3 Å². The van der Waals surface area contributed by atoms with Crippen molar-refractivity contribution >= 4 is 34.0 Å². The quantitative estimate of drug-likeness (QED) is 0.522. The average molecular weight is 408 g/mol. The van der Waals surface area contributed by atoms with Crippen LogP contribution >= 0.6 is 11.3 Å². The summed E-state index contributed by atoms with van der Waals surface area (Å²) in [6.45, 7) is -0.160. The first kappa shape index (κ1) is 18.6. The predicted octanol–water partition coefficient (Wildman–Crippen LogP) is 1.72. The van der Waals surface area contributed by atoms with E-state index in [9.17, 15) is 9.59 Å². The minimum absolute atomic E-state index is 0.160. The summed E-state index contributed by atoms with van der Waals surface area (Å²) >= 11 is 1.25. The molecule has 0 unspecified atom stereocenters. The molecule has 4 rings (SSSR count). The molecule has 9 heteroatoms. The number of benzene rings is 2. The van der Waals surface area contributed by atoms with Crippen LogP contribution in [0.25, 0.3) is 11.0 Å². The van der Waals surface area contributed by atoms with Crippen LogP contribution < -0.4 is 24.9 Å². The van der Waals surface area contributed by atoms with E-state index in [1.54, 1.807) is 36.4 Å². The van der Waals surface area contributed by atoms with Crippen LogP contribution in [0.2, 0.25) is 0 Å². The van der Waals surface area contributed by atoms with Crippen molar-refractivity contribution < 1.29 is 14.3 Å². The van der Waals surface area contributed by atoms with Crippen molar-refractivity contribution in [3.8, 4) is 11.5 Å². The van der Waals surface area contributed by atoms with Crippen molar-refractivity contribution in [2.45, 2.75) is 0 Å². The number of fused-ring (bicyclic) bond motifs is 1. The number of thiazole rings is 1. The lowest BCUT2D eigenvalue weighted by Gasteiger charge is -2.11.